The molecule has 2 aliphatic rings. The van der Waals surface area contributed by atoms with Crippen LogP contribution >= 0.6 is 0 Å². The van der Waals surface area contributed by atoms with Crippen LogP contribution in [0.1, 0.15) is 52.5 Å². The number of likely N-dealkylation sites (N-methyl/N-ethyl adjacent to an activating group) is 1. The molecule has 218 valence electrons. The number of carbonyl (C=O) groups excluding carboxylic acids is 2. The standard InChI is InChI=1S/C29H44N8O3/c1-5-36(24-11-8-22(30)19-24)20(2)18-21-6-9-23(10-7-21)37-13-12-25(33-28(37)40)32-27(39)35-16-14-34(15-17-35)26(38)29(3,4)31/h6-7,9-10,12-13,20,22,24H,5,8,11,14-19,30-31H2,1-4H3,(H,32,33,39,40)/t20?,22-,24+/m1/s1. The van der Waals surface area contributed by atoms with Crippen molar-refractivity contribution in [2.24, 2.45) is 11.5 Å². The molecule has 1 aromatic heterocycles. The summed E-state index contributed by atoms with van der Waals surface area (Å²) in [5.41, 5.74) is 12.6. The zero-order chi connectivity index (χ0) is 29.0. The lowest BCUT2D eigenvalue weighted by molar-refractivity contribution is -0.137. The molecule has 2 fully saturated rings. The Morgan fingerprint density at radius 1 is 1.10 bits per heavy atom. The van der Waals surface area contributed by atoms with Gasteiger partial charge in [0.05, 0.1) is 11.2 Å². The van der Waals surface area contributed by atoms with E-state index in [0.717, 1.165) is 32.2 Å². The van der Waals surface area contributed by atoms with Crippen LogP contribution in [0.3, 0.4) is 0 Å². The molecule has 40 heavy (non-hydrogen) atoms. The average molecular weight is 553 g/mol. The number of nitrogens with zero attached hydrogens (tertiary/aromatic N) is 5. The summed E-state index contributed by atoms with van der Waals surface area (Å²) in [6.45, 7) is 10.4. The monoisotopic (exact) mass is 552 g/mol. The highest BCUT2D eigenvalue weighted by Crippen LogP contribution is 2.25. The van der Waals surface area contributed by atoms with Gasteiger partial charge in [0.25, 0.3) is 0 Å². The van der Waals surface area contributed by atoms with E-state index in [1.54, 1.807) is 35.9 Å². The van der Waals surface area contributed by atoms with E-state index in [2.05, 4.69) is 41.2 Å². The van der Waals surface area contributed by atoms with Crippen molar-refractivity contribution < 1.29 is 9.59 Å². The van der Waals surface area contributed by atoms with Crippen molar-refractivity contribution in [1.29, 1.82) is 0 Å². The number of rotatable bonds is 8. The molecule has 2 heterocycles. The molecule has 11 nitrogen and oxygen atoms in total. The Morgan fingerprint density at radius 3 is 2.30 bits per heavy atom. The number of anilines is 1. The lowest BCUT2D eigenvalue weighted by Crippen LogP contribution is -2.58. The van der Waals surface area contributed by atoms with Gasteiger partial charge in [-0.25, -0.2) is 9.59 Å². The zero-order valence-corrected chi connectivity index (χ0v) is 24.2. The Labute approximate surface area is 236 Å². The molecule has 1 aliphatic carbocycles. The van der Waals surface area contributed by atoms with Crippen molar-refractivity contribution >= 4 is 17.8 Å². The fourth-order valence-corrected chi connectivity index (χ4v) is 5.85. The summed E-state index contributed by atoms with van der Waals surface area (Å²) >= 11 is 0. The van der Waals surface area contributed by atoms with Gasteiger partial charge in [-0.1, -0.05) is 19.1 Å². The van der Waals surface area contributed by atoms with E-state index in [1.807, 2.05) is 12.1 Å². The third-order valence-electron chi connectivity index (χ3n) is 8.04. The molecular weight excluding hydrogens is 508 g/mol. The molecule has 1 saturated heterocycles. The van der Waals surface area contributed by atoms with Crippen molar-refractivity contribution in [2.75, 3.05) is 38.0 Å². The van der Waals surface area contributed by atoms with Gasteiger partial charge in [0.1, 0.15) is 5.82 Å². The van der Waals surface area contributed by atoms with Crippen LogP contribution in [0.25, 0.3) is 5.69 Å². The predicted octanol–water partition coefficient (Wildman–Crippen LogP) is 1.78. The van der Waals surface area contributed by atoms with E-state index >= 15 is 0 Å². The molecule has 5 N–H and O–H groups in total. The van der Waals surface area contributed by atoms with Crippen LogP contribution in [0, 0.1) is 0 Å². The largest absolute Gasteiger partial charge is 0.354 e. The van der Waals surface area contributed by atoms with E-state index < -0.39 is 11.2 Å². The highest BCUT2D eigenvalue weighted by molar-refractivity contribution is 5.89. The summed E-state index contributed by atoms with van der Waals surface area (Å²) < 4.78 is 1.46. The number of benzene rings is 1. The number of hydrogen-bond donors (Lipinski definition) is 3. The Bertz CT molecular complexity index is 1230. The lowest BCUT2D eigenvalue weighted by atomic mass is 10.0. The smallest absolute Gasteiger partial charge is 0.338 e. The van der Waals surface area contributed by atoms with Gasteiger partial charge in [-0.05, 0) is 76.8 Å². The SMILES string of the molecule is CCN(C(C)Cc1ccc(-n2ccc(NC(=O)N3CCN(C(=O)C(C)(C)N)CC3)nc2=O)cc1)[C@H]1CC[C@@H](N)C1. The molecule has 1 unspecified atom stereocenters. The van der Waals surface area contributed by atoms with Crippen molar-refractivity contribution in [3.8, 4) is 5.69 Å². The minimum Gasteiger partial charge on any atom is -0.338 e. The maximum absolute atomic E-state index is 12.8. The summed E-state index contributed by atoms with van der Waals surface area (Å²) in [5, 5.41) is 2.70. The normalized spacial score (nSPS) is 20.6. The molecule has 1 aromatic carbocycles. The van der Waals surface area contributed by atoms with Crippen molar-refractivity contribution in [1.82, 2.24) is 24.3 Å². The van der Waals surface area contributed by atoms with Gasteiger partial charge in [-0.3, -0.25) is 19.6 Å². The summed E-state index contributed by atoms with van der Waals surface area (Å²) in [6.07, 6.45) is 5.86. The number of hydrogen-bond acceptors (Lipinski definition) is 7. The van der Waals surface area contributed by atoms with E-state index in [0.29, 0.717) is 50.0 Å². The zero-order valence-electron chi connectivity index (χ0n) is 24.2. The average Bonchev–Trinajstić information content (AvgIpc) is 3.34. The maximum Gasteiger partial charge on any atom is 0.354 e. The van der Waals surface area contributed by atoms with Gasteiger partial charge in [0.2, 0.25) is 5.91 Å². The molecule has 3 amide bonds. The molecule has 1 aliphatic heterocycles. The van der Waals surface area contributed by atoms with Gasteiger partial charge in [0, 0.05) is 50.5 Å². The van der Waals surface area contributed by atoms with Crippen LogP contribution in [0.2, 0.25) is 0 Å². The topological polar surface area (TPSA) is 143 Å². The summed E-state index contributed by atoms with van der Waals surface area (Å²) in [7, 11) is 0. The van der Waals surface area contributed by atoms with E-state index in [-0.39, 0.29) is 17.8 Å². The second kappa shape index (κ2) is 12.5. The van der Waals surface area contributed by atoms with Gasteiger partial charge in [-0.2, -0.15) is 4.98 Å². The summed E-state index contributed by atoms with van der Waals surface area (Å²) in [5.74, 6) is 0.0437. The Morgan fingerprint density at radius 2 is 1.75 bits per heavy atom. The molecule has 11 heteroatoms. The number of nitrogens with one attached hydrogen (secondary N) is 1. The molecule has 0 bridgehead atoms. The third-order valence-corrected chi connectivity index (χ3v) is 8.04. The number of amides is 3. The quantitative estimate of drug-likeness (QED) is 0.453. The highest BCUT2D eigenvalue weighted by atomic mass is 16.2. The van der Waals surface area contributed by atoms with Crippen LogP contribution in [-0.4, -0.2) is 92.6 Å². The molecular formula is C29H44N8O3. The fourth-order valence-electron chi connectivity index (χ4n) is 5.85. The van der Waals surface area contributed by atoms with Gasteiger partial charge < -0.3 is 21.3 Å². The number of piperazine rings is 1. The second-order valence-corrected chi connectivity index (χ2v) is 11.7. The molecule has 4 rings (SSSR count). The van der Waals surface area contributed by atoms with Crippen LogP contribution in [0.4, 0.5) is 10.6 Å². The number of urea groups is 1. The van der Waals surface area contributed by atoms with Gasteiger partial charge in [-0.15, -0.1) is 0 Å². The summed E-state index contributed by atoms with van der Waals surface area (Å²) in [4.78, 5) is 47.8. The van der Waals surface area contributed by atoms with Crippen LogP contribution < -0.4 is 22.5 Å². The fraction of sp³-hybridized carbons (Fsp3) is 0.586. The first-order chi connectivity index (χ1) is 19.0. The molecule has 3 atom stereocenters. The van der Waals surface area contributed by atoms with Crippen molar-refractivity contribution in [2.45, 2.75) is 77.0 Å². The second-order valence-electron chi connectivity index (χ2n) is 11.7. The minimum atomic E-state index is -0.947. The molecule has 0 spiro atoms. The molecule has 2 aromatic rings. The van der Waals surface area contributed by atoms with Crippen molar-refractivity contribution in [3.05, 3.63) is 52.6 Å². The number of carbonyl (C=O) groups is 2. The summed E-state index contributed by atoms with van der Waals surface area (Å²) in [6, 6.07) is 10.5. The van der Waals surface area contributed by atoms with E-state index in [1.165, 1.54) is 10.1 Å². The van der Waals surface area contributed by atoms with Gasteiger partial charge in [0.15, 0.2) is 0 Å². The number of aromatic nitrogens is 2. The van der Waals surface area contributed by atoms with Crippen LogP contribution in [0.15, 0.2) is 41.3 Å². The third kappa shape index (κ3) is 7.07. The lowest BCUT2D eigenvalue weighted by Gasteiger charge is -2.37. The first kappa shape index (κ1) is 29.7. The van der Waals surface area contributed by atoms with E-state index in [9.17, 15) is 14.4 Å². The number of nitrogens with two attached hydrogens (primary N) is 2. The van der Waals surface area contributed by atoms with Crippen molar-refractivity contribution in [3.63, 3.8) is 0 Å². The first-order valence-electron chi connectivity index (χ1n) is 14.3. The predicted molar refractivity (Wildman–Crippen MR) is 156 cm³/mol. The van der Waals surface area contributed by atoms with Gasteiger partial charge >= 0.3 is 11.7 Å². The Balaban J connectivity index is 1.33. The van der Waals surface area contributed by atoms with E-state index in [4.69, 9.17) is 11.5 Å². The Hall–Kier alpha value is -3.28. The molecule has 1 saturated carbocycles. The Kier molecular flexibility index (Phi) is 9.27. The van der Waals surface area contributed by atoms with Crippen LogP contribution in [-0.2, 0) is 11.2 Å². The highest BCUT2D eigenvalue weighted by Gasteiger charge is 2.32. The first-order valence-corrected chi connectivity index (χ1v) is 14.3. The molecule has 0 radical (unpaired) electrons. The maximum atomic E-state index is 12.8. The van der Waals surface area contributed by atoms with Crippen LogP contribution in [0.5, 0.6) is 0 Å². The minimum absolute atomic E-state index is 0.141.